The van der Waals surface area contributed by atoms with Crippen LogP contribution in [-0.2, 0) is 22.6 Å². The summed E-state index contributed by atoms with van der Waals surface area (Å²) in [5.74, 6) is -0.184. The quantitative estimate of drug-likeness (QED) is 0.672. The summed E-state index contributed by atoms with van der Waals surface area (Å²) in [5.41, 5.74) is 2.94. The van der Waals surface area contributed by atoms with Gasteiger partial charge in [-0.05, 0) is 43.9 Å². The van der Waals surface area contributed by atoms with Crippen molar-refractivity contribution >= 4 is 23.4 Å². The largest absolute Gasteiger partial charge is 0.352 e. The molecule has 1 unspecified atom stereocenters. The maximum Gasteiger partial charge on any atom is 0.242 e. The molecule has 1 N–H and O–H groups in total. The van der Waals surface area contributed by atoms with E-state index >= 15 is 0 Å². The average Bonchev–Trinajstić information content (AvgIpc) is 2.75. The summed E-state index contributed by atoms with van der Waals surface area (Å²) < 4.78 is 0. The molecule has 4 nitrogen and oxygen atoms in total. The summed E-state index contributed by atoms with van der Waals surface area (Å²) in [6.45, 7) is 4.24. The molecule has 0 bridgehead atoms. The highest BCUT2D eigenvalue weighted by Crippen LogP contribution is 2.20. The third kappa shape index (κ3) is 6.09. The van der Waals surface area contributed by atoms with Gasteiger partial charge >= 0.3 is 0 Å². The third-order valence-electron chi connectivity index (χ3n) is 5.89. The van der Waals surface area contributed by atoms with Crippen molar-refractivity contribution in [3.05, 3.63) is 70.2 Å². The first-order chi connectivity index (χ1) is 14.4. The summed E-state index contributed by atoms with van der Waals surface area (Å²) in [6, 6.07) is 15.1. The Morgan fingerprint density at radius 1 is 1.07 bits per heavy atom. The Labute approximate surface area is 184 Å². The number of rotatable bonds is 7. The van der Waals surface area contributed by atoms with Crippen molar-refractivity contribution in [2.75, 3.05) is 0 Å². The molecule has 1 fully saturated rings. The lowest BCUT2D eigenvalue weighted by molar-refractivity contribution is -0.140. The minimum Gasteiger partial charge on any atom is -0.352 e. The molecule has 5 heteroatoms. The molecule has 2 amide bonds. The van der Waals surface area contributed by atoms with Crippen LogP contribution in [0.1, 0.15) is 55.7 Å². The lowest BCUT2D eigenvalue weighted by Gasteiger charge is -2.31. The molecule has 0 spiro atoms. The molecule has 0 aromatic heterocycles. The molecule has 0 aliphatic heterocycles. The summed E-state index contributed by atoms with van der Waals surface area (Å²) in [6.07, 6.45) is 5.74. The van der Waals surface area contributed by atoms with Crippen molar-refractivity contribution in [3.8, 4) is 0 Å². The maximum absolute atomic E-state index is 13.3. The molecule has 2 aromatic rings. The third-order valence-corrected chi connectivity index (χ3v) is 6.26. The zero-order valence-electron chi connectivity index (χ0n) is 17.9. The predicted octanol–water partition coefficient (Wildman–Crippen LogP) is 5.06. The minimum absolute atomic E-state index is 0.0819. The van der Waals surface area contributed by atoms with E-state index in [9.17, 15) is 9.59 Å². The van der Waals surface area contributed by atoms with Gasteiger partial charge in [-0.1, -0.05) is 78.9 Å². The SMILES string of the molecule is Cc1ccc(CN(C(=O)Cc2ccccc2Cl)C(C)C(=O)NC2CCCCC2)cc1. The van der Waals surface area contributed by atoms with Crippen molar-refractivity contribution in [2.45, 2.75) is 71.0 Å². The Hall–Kier alpha value is -2.33. The van der Waals surface area contributed by atoms with Crippen molar-refractivity contribution in [1.29, 1.82) is 0 Å². The van der Waals surface area contributed by atoms with Crippen LogP contribution >= 0.6 is 11.6 Å². The van der Waals surface area contributed by atoms with E-state index in [0.29, 0.717) is 11.6 Å². The summed E-state index contributed by atoms with van der Waals surface area (Å²) in [7, 11) is 0. The van der Waals surface area contributed by atoms with Crippen LogP contribution in [0.2, 0.25) is 5.02 Å². The molecule has 0 radical (unpaired) electrons. The van der Waals surface area contributed by atoms with Gasteiger partial charge < -0.3 is 10.2 Å². The second kappa shape index (κ2) is 10.6. The predicted molar refractivity (Wildman–Crippen MR) is 121 cm³/mol. The Morgan fingerprint density at radius 2 is 1.73 bits per heavy atom. The summed E-state index contributed by atoms with van der Waals surface area (Å²) in [5, 5.41) is 3.74. The molecular formula is C25H31ClN2O2. The minimum atomic E-state index is -0.553. The molecule has 1 aliphatic rings. The van der Waals surface area contributed by atoms with Gasteiger partial charge in [0.15, 0.2) is 0 Å². The standard InChI is InChI=1S/C25H31ClN2O2/c1-18-12-14-20(15-13-18)17-28(24(29)16-21-8-6-7-11-23(21)26)19(2)25(30)27-22-9-4-3-5-10-22/h6-8,11-15,19,22H,3-5,9-10,16-17H2,1-2H3,(H,27,30). The fraction of sp³-hybridized carbons (Fsp3) is 0.440. The Morgan fingerprint density at radius 3 is 2.40 bits per heavy atom. The summed E-state index contributed by atoms with van der Waals surface area (Å²) >= 11 is 6.27. The van der Waals surface area contributed by atoms with E-state index in [0.717, 1.165) is 42.4 Å². The Bertz CT molecular complexity index is 860. The summed E-state index contributed by atoms with van der Waals surface area (Å²) in [4.78, 5) is 27.9. The van der Waals surface area contributed by atoms with Crippen molar-refractivity contribution in [3.63, 3.8) is 0 Å². The number of nitrogens with one attached hydrogen (secondary N) is 1. The van der Waals surface area contributed by atoms with Gasteiger partial charge in [0.05, 0.1) is 6.42 Å². The molecule has 1 aliphatic carbocycles. The fourth-order valence-corrected chi connectivity index (χ4v) is 4.15. The molecule has 2 aromatic carbocycles. The average molecular weight is 427 g/mol. The maximum atomic E-state index is 13.3. The highest BCUT2D eigenvalue weighted by molar-refractivity contribution is 6.31. The Balaban J connectivity index is 1.76. The highest BCUT2D eigenvalue weighted by atomic mass is 35.5. The molecule has 3 rings (SSSR count). The van der Waals surface area contributed by atoms with Crippen LogP contribution in [-0.4, -0.2) is 28.8 Å². The molecule has 1 saturated carbocycles. The fourth-order valence-electron chi connectivity index (χ4n) is 3.95. The second-order valence-corrected chi connectivity index (χ2v) is 8.70. The number of benzene rings is 2. The van der Waals surface area contributed by atoms with Crippen LogP contribution in [0.3, 0.4) is 0 Å². The zero-order chi connectivity index (χ0) is 21.5. The number of carbonyl (C=O) groups is 2. The normalized spacial score (nSPS) is 15.4. The van der Waals surface area contributed by atoms with Crippen LogP contribution in [0, 0.1) is 6.92 Å². The van der Waals surface area contributed by atoms with Crippen molar-refractivity contribution < 1.29 is 9.59 Å². The van der Waals surface area contributed by atoms with Crippen LogP contribution in [0.4, 0.5) is 0 Å². The first-order valence-electron chi connectivity index (χ1n) is 10.8. The first-order valence-corrected chi connectivity index (χ1v) is 11.2. The number of aryl methyl sites for hydroxylation is 1. The number of nitrogens with zero attached hydrogens (tertiary/aromatic N) is 1. The van der Waals surface area contributed by atoms with Crippen LogP contribution < -0.4 is 5.32 Å². The molecule has 0 heterocycles. The molecule has 160 valence electrons. The van der Waals surface area contributed by atoms with Crippen LogP contribution in [0.25, 0.3) is 0 Å². The zero-order valence-corrected chi connectivity index (χ0v) is 18.6. The number of halogens is 1. The van der Waals surface area contributed by atoms with E-state index in [-0.39, 0.29) is 24.3 Å². The number of hydrogen-bond donors (Lipinski definition) is 1. The van der Waals surface area contributed by atoms with E-state index in [1.807, 2.05) is 56.3 Å². The van der Waals surface area contributed by atoms with E-state index in [1.54, 1.807) is 11.0 Å². The number of carbonyl (C=O) groups excluding carboxylic acids is 2. The van der Waals surface area contributed by atoms with E-state index < -0.39 is 6.04 Å². The van der Waals surface area contributed by atoms with Gasteiger partial charge in [0.1, 0.15) is 6.04 Å². The Kier molecular flexibility index (Phi) is 7.92. The van der Waals surface area contributed by atoms with Crippen LogP contribution in [0.5, 0.6) is 0 Å². The molecule has 0 saturated heterocycles. The van der Waals surface area contributed by atoms with Crippen molar-refractivity contribution in [2.24, 2.45) is 0 Å². The topological polar surface area (TPSA) is 49.4 Å². The molecular weight excluding hydrogens is 396 g/mol. The lowest BCUT2D eigenvalue weighted by Crippen LogP contribution is -2.50. The van der Waals surface area contributed by atoms with Gasteiger partial charge in [0.2, 0.25) is 11.8 Å². The van der Waals surface area contributed by atoms with Crippen molar-refractivity contribution in [1.82, 2.24) is 10.2 Å². The highest BCUT2D eigenvalue weighted by Gasteiger charge is 2.28. The van der Waals surface area contributed by atoms with E-state index in [1.165, 1.54) is 6.42 Å². The van der Waals surface area contributed by atoms with Gasteiger partial charge in [-0.3, -0.25) is 9.59 Å². The first kappa shape index (κ1) is 22.4. The number of hydrogen-bond acceptors (Lipinski definition) is 2. The molecule has 30 heavy (non-hydrogen) atoms. The smallest absolute Gasteiger partial charge is 0.242 e. The van der Waals surface area contributed by atoms with Gasteiger partial charge in [-0.2, -0.15) is 0 Å². The van der Waals surface area contributed by atoms with E-state index in [4.69, 9.17) is 11.6 Å². The second-order valence-electron chi connectivity index (χ2n) is 8.29. The van der Waals surface area contributed by atoms with Crippen LogP contribution in [0.15, 0.2) is 48.5 Å². The van der Waals surface area contributed by atoms with E-state index in [2.05, 4.69) is 5.32 Å². The van der Waals surface area contributed by atoms with Gasteiger partial charge in [0.25, 0.3) is 0 Å². The molecule has 1 atom stereocenters. The monoisotopic (exact) mass is 426 g/mol. The number of amides is 2. The van der Waals surface area contributed by atoms with Gasteiger partial charge in [0, 0.05) is 17.6 Å². The van der Waals surface area contributed by atoms with Gasteiger partial charge in [-0.15, -0.1) is 0 Å². The lowest BCUT2D eigenvalue weighted by atomic mass is 9.95. The van der Waals surface area contributed by atoms with Gasteiger partial charge in [-0.25, -0.2) is 0 Å².